The number of phenols is 1. The predicted molar refractivity (Wildman–Crippen MR) is 93.0 cm³/mol. The fourth-order valence-electron chi connectivity index (χ4n) is 3.50. The number of benzene rings is 1. The van der Waals surface area contributed by atoms with E-state index in [2.05, 4.69) is 13.8 Å². The summed E-state index contributed by atoms with van der Waals surface area (Å²) in [6, 6.07) is 6.38. The zero-order valence-electron chi connectivity index (χ0n) is 14.0. The first-order valence-corrected chi connectivity index (χ1v) is 8.49. The minimum absolute atomic E-state index is 0.0470. The smallest absolute Gasteiger partial charge is 0.342 e. The van der Waals surface area contributed by atoms with Gasteiger partial charge < -0.3 is 9.84 Å². The highest BCUT2D eigenvalue weighted by Crippen LogP contribution is 2.41. The number of halogens is 1. The van der Waals surface area contributed by atoms with E-state index in [1.165, 1.54) is 12.1 Å². The Hall–Kier alpha value is -1.81. The van der Waals surface area contributed by atoms with E-state index in [-0.39, 0.29) is 22.8 Å². The molecule has 1 N–H and O–H groups in total. The molecular weight excluding hydrogens is 328 g/mol. The zero-order chi connectivity index (χ0) is 17.7. The van der Waals surface area contributed by atoms with E-state index in [1.807, 2.05) is 0 Å². The van der Waals surface area contributed by atoms with E-state index in [4.69, 9.17) is 16.3 Å². The number of esters is 1. The van der Waals surface area contributed by atoms with Crippen LogP contribution >= 0.6 is 11.6 Å². The molecule has 5 heteroatoms. The van der Waals surface area contributed by atoms with Crippen molar-refractivity contribution in [3.05, 3.63) is 42.0 Å². The average Bonchev–Trinajstić information content (AvgIpc) is 2.45. The van der Waals surface area contributed by atoms with Crippen molar-refractivity contribution in [3.63, 3.8) is 0 Å². The molecule has 2 rings (SSSR count). The number of phenolic OH excluding ortho intramolecular Hbond substituents is 1. The van der Waals surface area contributed by atoms with Crippen LogP contribution in [0.5, 0.6) is 5.75 Å². The first kappa shape index (κ1) is 18.5. The van der Waals surface area contributed by atoms with Gasteiger partial charge in [0, 0.05) is 0 Å². The Kier molecular flexibility index (Phi) is 6.05. The monoisotopic (exact) mass is 350 g/mol. The van der Waals surface area contributed by atoms with E-state index in [9.17, 15) is 14.7 Å². The van der Waals surface area contributed by atoms with Crippen molar-refractivity contribution < 1.29 is 19.4 Å². The third kappa shape index (κ3) is 5.38. The van der Waals surface area contributed by atoms with E-state index in [1.54, 1.807) is 24.3 Å². The molecular formula is C19H23ClO4. The first-order valence-electron chi connectivity index (χ1n) is 8.12. The van der Waals surface area contributed by atoms with Gasteiger partial charge in [-0.15, -0.1) is 0 Å². The first-order chi connectivity index (χ1) is 11.3. The molecule has 1 fully saturated rings. The SMILES string of the molecule is CC1(C)CC(C/C=C\C(=O)Cl)CC(OC(=O)c2ccccc2O)C1. The topological polar surface area (TPSA) is 63.6 Å². The van der Waals surface area contributed by atoms with E-state index >= 15 is 0 Å². The van der Waals surface area contributed by atoms with E-state index in [0.29, 0.717) is 5.92 Å². The standard InChI is InChI=1S/C19H23ClO4/c1-19(2)11-13(6-5-9-17(20)22)10-14(12-19)24-18(23)15-7-3-4-8-16(15)21/h3-5,7-9,13-14,21H,6,10-12H2,1-2H3/b9-5-. The average molecular weight is 351 g/mol. The summed E-state index contributed by atoms with van der Waals surface area (Å²) in [6.45, 7) is 4.30. The van der Waals surface area contributed by atoms with Crippen LogP contribution in [-0.4, -0.2) is 22.4 Å². The molecule has 1 saturated carbocycles. The summed E-state index contributed by atoms with van der Waals surface area (Å²) in [5.41, 5.74) is 0.232. The number of allylic oxidation sites excluding steroid dienone is 2. The molecule has 2 unspecified atom stereocenters. The van der Waals surface area contributed by atoms with Gasteiger partial charge in [0.05, 0.1) is 0 Å². The molecule has 4 nitrogen and oxygen atoms in total. The van der Waals surface area contributed by atoms with Gasteiger partial charge in [0.2, 0.25) is 5.24 Å². The molecule has 1 aromatic rings. The maximum absolute atomic E-state index is 12.3. The normalized spacial score (nSPS) is 23.1. The van der Waals surface area contributed by atoms with Crippen molar-refractivity contribution in [3.8, 4) is 5.75 Å². The van der Waals surface area contributed by atoms with Crippen LogP contribution in [-0.2, 0) is 9.53 Å². The van der Waals surface area contributed by atoms with Crippen LogP contribution in [0.1, 0.15) is 49.9 Å². The van der Waals surface area contributed by atoms with Gasteiger partial charge in [0.1, 0.15) is 17.4 Å². The van der Waals surface area contributed by atoms with Crippen LogP contribution in [0.25, 0.3) is 0 Å². The van der Waals surface area contributed by atoms with Gasteiger partial charge in [0.15, 0.2) is 0 Å². The van der Waals surface area contributed by atoms with Gasteiger partial charge in [-0.2, -0.15) is 0 Å². The highest BCUT2D eigenvalue weighted by molar-refractivity contribution is 6.66. The maximum Gasteiger partial charge on any atom is 0.342 e. The molecule has 0 saturated heterocycles. The molecule has 1 aromatic carbocycles. The number of carbonyl (C=O) groups is 2. The number of para-hydroxylation sites is 1. The largest absolute Gasteiger partial charge is 0.507 e. The van der Waals surface area contributed by atoms with Crippen LogP contribution in [0.3, 0.4) is 0 Å². The quantitative estimate of drug-likeness (QED) is 0.484. The minimum Gasteiger partial charge on any atom is -0.507 e. The summed E-state index contributed by atoms with van der Waals surface area (Å²) in [4.78, 5) is 23.1. The van der Waals surface area contributed by atoms with Gasteiger partial charge in [0.25, 0.3) is 0 Å². The Morgan fingerprint density at radius 1 is 1.33 bits per heavy atom. The van der Waals surface area contributed by atoms with Crippen molar-refractivity contribution in [1.29, 1.82) is 0 Å². The highest BCUT2D eigenvalue weighted by Gasteiger charge is 2.35. The number of hydrogen-bond acceptors (Lipinski definition) is 4. The number of carbonyl (C=O) groups excluding carboxylic acids is 2. The lowest BCUT2D eigenvalue weighted by atomic mass is 9.70. The molecule has 0 heterocycles. The maximum atomic E-state index is 12.3. The summed E-state index contributed by atoms with van der Waals surface area (Å²) in [6.07, 6.45) is 6.19. The van der Waals surface area contributed by atoms with Crippen LogP contribution in [0, 0.1) is 11.3 Å². The Labute approximate surface area is 147 Å². The van der Waals surface area contributed by atoms with Crippen molar-refractivity contribution in [2.45, 2.75) is 45.6 Å². The molecule has 0 amide bonds. The summed E-state index contributed by atoms with van der Waals surface area (Å²) >= 11 is 5.31. The highest BCUT2D eigenvalue weighted by atomic mass is 35.5. The van der Waals surface area contributed by atoms with Crippen molar-refractivity contribution in [2.24, 2.45) is 11.3 Å². The summed E-state index contributed by atoms with van der Waals surface area (Å²) in [5.74, 6) is -0.248. The second kappa shape index (κ2) is 7.84. The van der Waals surface area contributed by atoms with Crippen molar-refractivity contribution in [2.75, 3.05) is 0 Å². The van der Waals surface area contributed by atoms with Crippen LogP contribution in [0.2, 0.25) is 0 Å². The van der Waals surface area contributed by atoms with Gasteiger partial charge in [-0.05, 0) is 66.8 Å². The molecule has 0 spiro atoms. The van der Waals surface area contributed by atoms with Crippen molar-refractivity contribution in [1.82, 2.24) is 0 Å². The lowest BCUT2D eigenvalue weighted by molar-refractivity contribution is -0.107. The van der Waals surface area contributed by atoms with Crippen molar-refractivity contribution >= 4 is 22.8 Å². The lowest BCUT2D eigenvalue weighted by Gasteiger charge is -2.39. The summed E-state index contributed by atoms with van der Waals surface area (Å²) in [5, 5.41) is 9.30. The zero-order valence-corrected chi connectivity index (χ0v) is 14.8. The predicted octanol–water partition coefficient (Wildman–Crippen LogP) is 4.46. The third-order valence-corrected chi connectivity index (χ3v) is 4.46. The third-order valence-electron chi connectivity index (χ3n) is 4.33. The second-order valence-corrected chi connectivity index (χ2v) is 7.53. The molecule has 0 aliphatic heterocycles. The summed E-state index contributed by atoms with van der Waals surface area (Å²) < 4.78 is 5.64. The fourth-order valence-corrected chi connectivity index (χ4v) is 3.59. The van der Waals surface area contributed by atoms with E-state index < -0.39 is 11.2 Å². The lowest BCUT2D eigenvalue weighted by Crippen LogP contribution is -2.34. The van der Waals surface area contributed by atoms with Gasteiger partial charge in [-0.1, -0.05) is 32.1 Å². The van der Waals surface area contributed by atoms with Gasteiger partial charge >= 0.3 is 5.97 Å². The van der Waals surface area contributed by atoms with Crippen LogP contribution in [0.4, 0.5) is 0 Å². The fraction of sp³-hybridized carbons (Fsp3) is 0.474. The molecule has 1 aliphatic rings. The Morgan fingerprint density at radius 2 is 2.04 bits per heavy atom. The Balaban J connectivity index is 2.02. The molecule has 24 heavy (non-hydrogen) atoms. The van der Waals surface area contributed by atoms with Gasteiger partial charge in [-0.25, -0.2) is 4.79 Å². The number of aromatic hydroxyl groups is 1. The molecule has 0 bridgehead atoms. The molecule has 130 valence electrons. The number of ether oxygens (including phenoxy) is 1. The Bertz CT molecular complexity index is 636. The Morgan fingerprint density at radius 3 is 2.71 bits per heavy atom. The molecule has 0 radical (unpaired) electrons. The molecule has 0 aromatic heterocycles. The molecule has 2 atom stereocenters. The second-order valence-electron chi connectivity index (χ2n) is 7.16. The van der Waals surface area contributed by atoms with E-state index in [0.717, 1.165) is 25.7 Å². The van der Waals surface area contributed by atoms with Crippen LogP contribution < -0.4 is 0 Å². The minimum atomic E-state index is -0.499. The molecule has 1 aliphatic carbocycles. The van der Waals surface area contributed by atoms with Gasteiger partial charge in [-0.3, -0.25) is 4.79 Å². The van der Waals surface area contributed by atoms with Crippen LogP contribution in [0.15, 0.2) is 36.4 Å². The number of hydrogen-bond donors (Lipinski definition) is 1. The number of rotatable bonds is 5. The summed E-state index contributed by atoms with van der Waals surface area (Å²) in [7, 11) is 0.